The van der Waals surface area contributed by atoms with Crippen molar-refractivity contribution in [1.29, 1.82) is 0 Å². The Hall–Kier alpha value is -0.670. The van der Waals surface area contributed by atoms with E-state index < -0.39 is 0 Å². The van der Waals surface area contributed by atoms with Crippen LogP contribution in [-0.4, -0.2) is 4.98 Å². The van der Waals surface area contributed by atoms with Crippen molar-refractivity contribution in [3.8, 4) is 0 Å². The molecule has 1 rings (SSSR count). The molecule has 0 aliphatic rings. The molecule has 1 heterocycles. The molecule has 1 atom stereocenters. The van der Waals surface area contributed by atoms with Crippen LogP contribution in [0.25, 0.3) is 0 Å². The van der Waals surface area contributed by atoms with Crippen LogP contribution in [0.5, 0.6) is 0 Å². The van der Waals surface area contributed by atoms with Gasteiger partial charge in [0.2, 0.25) is 0 Å². The fourth-order valence-electron chi connectivity index (χ4n) is 1.52. The molecular weight excluding hydrogens is 204 g/mol. The molecule has 0 saturated heterocycles. The lowest BCUT2D eigenvalue weighted by atomic mass is 10.1. The second-order valence-electron chi connectivity index (χ2n) is 3.81. The summed E-state index contributed by atoms with van der Waals surface area (Å²) in [7, 11) is 0. The van der Waals surface area contributed by atoms with Crippen molar-refractivity contribution < 1.29 is 0 Å². The van der Waals surface area contributed by atoms with E-state index in [4.69, 9.17) is 5.73 Å². The standard InChI is InChI=1S/C12H20N2S/c1-3-4-5-6-7-8-11(13)12-9-14-10(2)15-12/h3,9,11H,1,4-8,13H2,2H3. The quantitative estimate of drug-likeness (QED) is 0.568. The fourth-order valence-corrected chi connectivity index (χ4v) is 2.34. The highest BCUT2D eigenvalue weighted by molar-refractivity contribution is 7.11. The van der Waals surface area contributed by atoms with Crippen LogP contribution in [0, 0.1) is 6.92 Å². The number of rotatable bonds is 7. The first-order chi connectivity index (χ1) is 7.24. The molecule has 0 aromatic carbocycles. The van der Waals surface area contributed by atoms with Gasteiger partial charge in [0, 0.05) is 17.1 Å². The lowest BCUT2D eigenvalue weighted by Gasteiger charge is -2.07. The van der Waals surface area contributed by atoms with Crippen LogP contribution < -0.4 is 5.73 Å². The molecule has 1 unspecified atom stereocenters. The Kier molecular flexibility index (Phi) is 5.58. The van der Waals surface area contributed by atoms with E-state index in [1.54, 1.807) is 11.3 Å². The molecule has 0 amide bonds. The van der Waals surface area contributed by atoms with E-state index in [9.17, 15) is 0 Å². The largest absolute Gasteiger partial charge is 0.323 e. The van der Waals surface area contributed by atoms with Crippen molar-refractivity contribution in [2.24, 2.45) is 5.73 Å². The Bertz CT molecular complexity index is 294. The molecule has 0 fully saturated rings. The molecule has 0 bridgehead atoms. The molecule has 84 valence electrons. The summed E-state index contributed by atoms with van der Waals surface area (Å²) in [6.07, 6.45) is 9.76. The van der Waals surface area contributed by atoms with Gasteiger partial charge in [0.25, 0.3) is 0 Å². The Morgan fingerprint density at radius 2 is 2.33 bits per heavy atom. The highest BCUT2D eigenvalue weighted by Gasteiger charge is 2.08. The van der Waals surface area contributed by atoms with Crippen LogP contribution in [0.4, 0.5) is 0 Å². The average Bonchev–Trinajstić information content (AvgIpc) is 2.64. The average molecular weight is 224 g/mol. The van der Waals surface area contributed by atoms with Gasteiger partial charge in [-0.15, -0.1) is 17.9 Å². The minimum Gasteiger partial charge on any atom is -0.323 e. The zero-order valence-corrected chi connectivity index (χ0v) is 10.2. The van der Waals surface area contributed by atoms with E-state index in [-0.39, 0.29) is 6.04 Å². The van der Waals surface area contributed by atoms with Crippen LogP contribution in [0.3, 0.4) is 0 Å². The molecule has 1 aromatic rings. The summed E-state index contributed by atoms with van der Waals surface area (Å²) in [5, 5.41) is 1.10. The van der Waals surface area contributed by atoms with Gasteiger partial charge in [-0.2, -0.15) is 0 Å². The van der Waals surface area contributed by atoms with Gasteiger partial charge >= 0.3 is 0 Å². The molecule has 1 aromatic heterocycles. The zero-order chi connectivity index (χ0) is 11.1. The van der Waals surface area contributed by atoms with Crippen molar-refractivity contribution in [3.63, 3.8) is 0 Å². The first-order valence-corrected chi connectivity index (χ1v) is 6.34. The Balaban J connectivity index is 2.18. The smallest absolute Gasteiger partial charge is 0.0897 e. The van der Waals surface area contributed by atoms with Crippen molar-refractivity contribution in [2.45, 2.75) is 45.1 Å². The SMILES string of the molecule is C=CCCCCCC(N)c1cnc(C)s1. The lowest BCUT2D eigenvalue weighted by Crippen LogP contribution is -2.08. The van der Waals surface area contributed by atoms with Gasteiger partial charge in [-0.1, -0.05) is 18.9 Å². The molecule has 0 saturated carbocycles. The molecular formula is C12H20N2S. The summed E-state index contributed by atoms with van der Waals surface area (Å²) in [6.45, 7) is 5.73. The monoisotopic (exact) mass is 224 g/mol. The van der Waals surface area contributed by atoms with Crippen molar-refractivity contribution in [2.75, 3.05) is 0 Å². The molecule has 0 aliphatic carbocycles. The van der Waals surface area contributed by atoms with E-state index in [2.05, 4.69) is 11.6 Å². The van der Waals surface area contributed by atoms with Gasteiger partial charge in [-0.3, -0.25) is 0 Å². The predicted octanol–water partition coefficient (Wildman–Crippen LogP) is 3.59. The minimum atomic E-state index is 0.180. The van der Waals surface area contributed by atoms with Crippen LogP contribution in [-0.2, 0) is 0 Å². The number of unbranched alkanes of at least 4 members (excludes halogenated alkanes) is 3. The molecule has 0 radical (unpaired) electrons. The van der Waals surface area contributed by atoms with Crippen molar-refractivity contribution in [3.05, 3.63) is 28.7 Å². The molecule has 2 N–H and O–H groups in total. The van der Waals surface area contributed by atoms with Crippen LogP contribution >= 0.6 is 11.3 Å². The molecule has 0 aliphatic heterocycles. The minimum absolute atomic E-state index is 0.180. The summed E-state index contributed by atoms with van der Waals surface area (Å²) in [5.41, 5.74) is 6.07. The Morgan fingerprint density at radius 3 is 2.93 bits per heavy atom. The maximum atomic E-state index is 6.07. The second-order valence-corrected chi connectivity index (χ2v) is 5.08. The molecule has 15 heavy (non-hydrogen) atoms. The van der Waals surface area contributed by atoms with Crippen LogP contribution in [0.2, 0.25) is 0 Å². The summed E-state index contributed by atoms with van der Waals surface area (Å²) in [4.78, 5) is 5.44. The molecule has 0 spiro atoms. The van der Waals surface area contributed by atoms with E-state index >= 15 is 0 Å². The van der Waals surface area contributed by atoms with Gasteiger partial charge in [0.1, 0.15) is 0 Å². The van der Waals surface area contributed by atoms with E-state index in [0.717, 1.165) is 17.8 Å². The van der Waals surface area contributed by atoms with Crippen molar-refractivity contribution >= 4 is 11.3 Å². The van der Waals surface area contributed by atoms with Gasteiger partial charge in [0.05, 0.1) is 5.01 Å². The van der Waals surface area contributed by atoms with Gasteiger partial charge < -0.3 is 5.73 Å². The van der Waals surface area contributed by atoms with E-state index in [1.165, 1.54) is 24.1 Å². The number of aromatic nitrogens is 1. The summed E-state index contributed by atoms with van der Waals surface area (Å²) < 4.78 is 0. The fraction of sp³-hybridized carbons (Fsp3) is 0.583. The lowest BCUT2D eigenvalue weighted by molar-refractivity contribution is 0.577. The number of thiazole rings is 1. The van der Waals surface area contributed by atoms with Crippen LogP contribution in [0.1, 0.15) is 48.0 Å². The van der Waals surface area contributed by atoms with E-state index in [1.807, 2.05) is 19.2 Å². The highest BCUT2D eigenvalue weighted by Crippen LogP contribution is 2.22. The third-order valence-electron chi connectivity index (χ3n) is 2.43. The van der Waals surface area contributed by atoms with Gasteiger partial charge in [-0.25, -0.2) is 4.98 Å². The summed E-state index contributed by atoms with van der Waals surface area (Å²) in [5.74, 6) is 0. The molecule has 2 nitrogen and oxygen atoms in total. The third kappa shape index (κ3) is 4.58. The third-order valence-corrected chi connectivity index (χ3v) is 3.47. The topological polar surface area (TPSA) is 38.9 Å². The second kappa shape index (κ2) is 6.75. The number of hydrogen-bond donors (Lipinski definition) is 1. The first kappa shape index (κ1) is 12.4. The van der Waals surface area contributed by atoms with Gasteiger partial charge in [-0.05, 0) is 26.2 Å². The Morgan fingerprint density at radius 1 is 1.53 bits per heavy atom. The molecule has 3 heteroatoms. The highest BCUT2D eigenvalue weighted by atomic mass is 32.1. The maximum Gasteiger partial charge on any atom is 0.0897 e. The number of aryl methyl sites for hydroxylation is 1. The summed E-state index contributed by atoms with van der Waals surface area (Å²) >= 11 is 1.71. The predicted molar refractivity (Wildman–Crippen MR) is 67.1 cm³/mol. The Labute approximate surface area is 96.2 Å². The van der Waals surface area contributed by atoms with Gasteiger partial charge in [0.15, 0.2) is 0 Å². The zero-order valence-electron chi connectivity index (χ0n) is 9.41. The number of nitrogens with zero attached hydrogens (tertiary/aromatic N) is 1. The number of nitrogens with two attached hydrogens (primary N) is 1. The number of allylic oxidation sites excluding steroid dienone is 1. The van der Waals surface area contributed by atoms with Crippen LogP contribution in [0.15, 0.2) is 18.9 Å². The number of hydrogen-bond acceptors (Lipinski definition) is 3. The van der Waals surface area contributed by atoms with Crippen molar-refractivity contribution in [1.82, 2.24) is 4.98 Å². The summed E-state index contributed by atoms with van der Waals surface area (Å²) in [6, 6.07) is 0.180. The first-order valence-electron chi connectivity index (χ1n) is 5.53. The normalized spacial score (nSPS) is 12.7. The van der Waals surface area contributed by atoms with E-state index in [0.29, 0.717) is 0 Å². The maximum absolute atomic E-state index is 6.07.